The van der Waals surface area contributed by atoms with Gasteiger partial charge < -0.3 is 13.8 Å². The van der Waals surface area contributed by atoms with Crippen molar-refractivity contribution >= 4 is 83.9 Å². The first-order chi connectivity index (χ1) is 40.0. The molecule has 5 nitrogen and oxygen atoms in total. The molecule has 6 heteroatoms. The van der Waals surface area contributed by atoms with Gasteiger partial charge in [0.05, 0.1) is 27.5 Å². The van der Waals surface area contributed by atoms with Gasteiger partial charge in [-0.25, -0.2) is 4.98 Å². The predicted octanol–water partition coefficient (Wildman–Crippen LogP) is 19.2. The van der Waals surface area contributed by atoms with Gasteiger partial charge in [-0.1, -0.05) is 175 Å². The Morgan fingerprint density at radius 1 is 0.488 bits per heavy atom. The summed E-state index contributed by atoms with van der Waals surface area (Å²) in [7, 11) is 0. The van der Waals surface area contributed by atoms with E-state index < -0.39 is 0 Å². The van der Waals surface area contributed by atoms with Gasteiger partial charge in [-0.15, -0.1) is 0 Å². The molecular weight excluding hydrogens is 1020 g/mol. The normalized spacial score (nSPS) is 18.1. The van der Waals surface area contributed by atoms with Gasteiger partial charge in [0.1, 0.15) is 17.0 Å². The number of fused-ring (bicyclic) bond motifs is 19. The molecule has 0 amide bonds. The van der Waals surface area contributed by atoms with Gasteiger partial charge in [0, 0.05) is 55.5 Å². The Kier molecular flexibility index (Phi) is 9.73. The summed E-state index contributed by atoms with van der Waals surface area (Å²) in [6.07, 6.45) is 4.61. The number of rotatable bonds is 3. The molecule has 0 bridgehead atoms. The molecule has 0 fully saturated rings. The smallest absolute Gasteiger partial charge is 0.333 e. The monoisotopic (exact) mass is 1090 g/mol. The first kappa shape index (κ1) is 50.4. The van der Waals surface area contributed by atoms with E-state index in [-0.39, 0.29) is 39.3 Å². The molecule has 0 radical (unpaired) electrons. The Hall–Kier alpha value is -8.09. The zero-order valence-corrected chi connectivity index (χ0v) is 51.1. The molecule has 414 valence electrons. The van der Waals surface area contributed by atoms with Crippen LogP contribution in [-0.4, -0.2) is 21.0 Å². The fraction of sp³-hybridized carbons (Fsp3) is 0.295. The summed E-state index contributed by atoms with van der Waals surface area (Å²) in [4.78, 5) is 8.51. The number of furan rings is 1. The van der Waals surface area contributed by atoms with Gasteiger partial charge in [-0.05, 0) is 192 Å². The molecule has 0 atom stereocenters. The lowest BCUT2D eigenvalue weighted by Crippen LogP contribution is -2.60. The van der Waals surface area contributed by atoms with E-state index in [1.54, 1.807) is 0 Å². The molecule has 0 spiro atoms. The minimum absolute atomic E-state index is 0.0119. The highest BCUT2D eigenvalue weighted by Crippen LogP contribution is 2.60. The quantitative estimate of drug-likeness (QED) is 0.166. The second-order valence-corrected chi connectivity index (χ2v) is 30.0. The highest BCUT2D eigenvalue weighted by Gasteiger charge is 2.50. The van der Waals surface area contributed by atoms with Crippen LogP contribution in [0.1, 0.15) is 155 Å². The van der Waals surface area contributed by atoms with Crippen molar-refractivity contribution in [3.8, 4) is 45.0 Å². The maximum atomic E-state index is 7.55. The lowest BCUT2D eigenvalue weighted by Gasteiger charge is -2.43. The van der Waals surface area contributed by atoms with Crippen LogP contribution in [0.5, 0.6) is 0 Å². The molecule has 17 rings (SSSR count). The summed E-state index contributed by atoms with van der Waals surface area (Å²) < 4.78 is 12.6. The number of para-hydroxylation sites is 2. The number of hydrogen-bond acceptors (Lipinski definition) is 3. The molecule has 0 saturated heterocycles. The van der Waals surface area contributed by atoms with E-state index in [9.17, 15) is 0 Å². The highest BCUT2D eigenvalue weighted by atomic mass is 16.3. The van der Waals surface area contributed by atoms with Gasteiger partial charge in [0.15, 0.2) is 0 Å². The SMILES string of the molecule is CC(C)(C)c1ccc(N2B3c4cc5nc(-c6ccccc6)n(-c6ccccc6)c5cc4-n4c5cc6c(cc5c5c7oc8ccccc8c7c(c3c54)-c3cc4c(cc32)-c2cc3c(cc2C4(C)C)C(C)(C)CCC3(C)C)C(C)(C)CCC6(C)C)cc1. The van der Waals surface area contributed by atoms with E-state index in [0.717, 1.165) is 57.5 Å². The Morgan fingerprint density at radius 3 is 1.75 bits per heavy atom. The van der Waals surface area contributed by atoms with E-state index in [1.165, 1.54) is 129 Å². The third-order valence-corrected chi connectivity index (χ3v) is 21.8. The van der Waals surface area contributed by atoms with E-state index in [0.29, 0.717) is 0 Å². The average Bonchev–Trinajstić information content (AvgIpc) is 1.51. The number of hydrogen-bond donors (Lipinski definition) is 0. The second-order valence-electron chi connectivity index (χ2n) is 30.0. The van der Waals surface area contributed by atoms with E-state index in [2.05, 4.69) is 262 Å². The van der Waals surface area contributed by atoms with Gasteiger partial charge in [-0.2, -0.15) is 0 Å². The van der Waals surface area contributed by atoms with Crippen molar-refractivity contribution in [1.29, 1.82) is 0 Å². The minimum Gasteiger partial charge on any atom is -0.455 e. The third-order valence-electron chi connectivity index (χ3n) is 21.8. The molecular formula is C78H73BN4O. The molecule has 5 aliphatic rings. The zero-order chi connectivity index (χ0) is 57.7. The molecule has 9 aromatic carbocycles. The maximum absolute atomic E-state index is 7.55. The molecule has 5 heterocycles. The summed E-state index contributed by atoms with van der Waals surface area (Å²) in [5, 5.41) is 4.81. The number of anilines is 2. The average molecular weight is 1090 g/mol. The van der Waals surface area contributed by atoms with Crippen LogP contribution in [-0.2, 0) is 32.5 Å². The summed E-state index contributed by atoms with van der Waals surface area (Å²) >= 11 is 0. The summed E-state index contributed by atoms with van der Waals surface area (Å²) in [5.74, 6) is 0.927. The fourth-order valence-electron chi connectivity index (χ4n) is 16.7. The van der Waals surface area contributed by atoms with Crippen LogP contribution in [0, 0.1) is 0 Å². The van der Waals surface area contributed by atoms with Crippen LogP contribution in [0.25, 0.3) is 99.8 Å². The van der Waals surface area contributed by atoms with Crippen molar-refractivity contribution in [1.82, 2.24) is 14.1 Å². The Labute approximate surface area is 494 Å². The van der Waals surface area contributed by atoms with Crippen LogP contribution >= 0.6 is 0 Å². The van der Waals surface area contributed by atoms with Gasteiger partial charge in [0.2, 0.25) is 0 Å². The third kappa shape index (κ3) is 6.55. The zero-order valence-electron chi connectivity index (χ0n) is 51.1. The topological polar surface area (TPSA) is 39.1 Å². The second kappa shape index (κ2) is 16.2. The highest BCUT2D eigenvalue weighted by molar-refractivity contribution is 6.94. The standard InChI is InChI=1S/C78H73BN4O/c1-73(2,3)45-28-30-47(31-29-45)83-62-39-50-49-36-55-57(76(8,9)34-32-74(55,4)5)40-54(49)78(12,13)53(50)37-52(62)66-67-48-26-20-21-27-65(48)84-71(67)68-51-38-56-58(77(10,11)35-33-75(56,6)7)41-61(51)82-63-43-64-60(42-59(63)79(83)69(66)70(68)82)80-72(44-22-16-14-17-23-44)81(64)46-24-18-15-19-25-46/h14-31,36-43H,32-35H2,1-13H3. The van der Waals surface area contributed by atoms with Crippen molar-refractivity contribution in [2.75, 3.05) is 4.81 Å². The summed E-state index contributed by atoms with van der Waals surface area (Å²) in [6.45, 7) is 31.5. The fourth-order valence-corrected chi connectivity index (χ4v) is 16.7. The van der Waals surface area contributed by atoms with E-state index in [4.69, 9.17) is 9.40 Å². The van der Waals surface area contributed by atoms with Gasteiger partial charge in [0.25, 0.3) is 0 Å². The van der Waals surface area contributed by atoms with Crippen LogP contribution in [0.4, 0.5) is 11.4 Å². The number of aromatic nitrogens is 3. The summed E-state index contributed by atoms with van der Waals surface area (Å²) in [6, 6.07) is 60.9. The first-order valence-corrected chi connectivity index (χ1v) is 31.0. The van der Waals surface area contributed by atoms with Crippen LogP contribution in [0.2, 0.25) is 0 Å². The van der Waals surface area contributed by atoms with Crippen LogP contribution in [0.3, 0.4) is 0 Å². The molecule has 3 aromatic heterocycles. The lowest BCUT2D eigenvalue weighted by atomic mass is 9.43. The lowest BCUT2D eigenvalue weighted by molar-refractivity contribution is 0.331. The van der Waals surface area contributed by atoms with Gasteiger partial charge >= 0.3 is 6.85 Å². The number of imidazole rings is 1. The Balaban J connectivity index is 1.08. The Bertz CT molecular complexity index is 4900. The van der Waals surface area contributed by atoms with E-state index in [1.807, 2.05) is 0 Å². The number of nitrogens with zero attached hydrogens (tertiary/aromatic N) is 4. The first-order valence-electron chi connectivity index (χ1n) is 31.0. The van der Waals surface area contributed by atoms with Crippen molar-refractivity contribution in [3.63, 3.8) is 0 Å². The molecule has 0 unspecified atom stereocenters. The molecule has 2 aliphatic heterocycles. The largest absolute Gasteiger partial charge is 0.455 e. The molecule has 84 heavy (non-hydrogen) atoms. The van der Waals surface area contributed by atoms with Crippen LogP contribution < -0.4 is 15.7 Å². The predicted molar refractivity (Wildman–Crippen MR) is 354 cm³/mol. The minimum atomic E-state index is -0.263. The van der Waals surface area contributed by atoms with Crippen molar-refractivity contribution in [2.45, 2.75) is 148 Å². The number of benzene rings is 9. The Morgan fingerprint density at radius 2 is 1.07 bits per heavy atom. The summed E-state index contributed by atoms with van der Waals surface area (Å²) in [5.41, 5.74) is 29.8. The molecule has 0 saturated carbocycles. The maximum Gasteiger partial charge on any atom is 0.333 e. The van der Waals surface area contributed by atoms with Crippen molar-refractivity contribution in [3.05, 3.63) is 197 Å². The van der Waals surface area contributed by atoms with Crippen LogP contribution in [0.15, 0.2) is 162 Å². The van der Waals surface area contributed by atoms with Crippen molar-refractivity contribution in [2.24, 2.45) is 0 Å². The van der Waals surface area contributed by atoms with Crippen molar-refractivity contribution < 1.29 is 4.42 Å². The van der Waals surface area contributed by atoms with Gasteiger partial charge in [-0.3, -0.25) is 4.57 Å². The molecule has 3 aliphatic carbocycles. The van der Waals surface area contributed by atoms with E-state index >= 15 is 0 Å². The molecule has 12 aromatic rings. The molecule has 0 N–H and O–H groups in total.